The van der Waals surface area contributed by atoms with Gasteiger partial charge >= 0.3 is 0 Å². The van der Waals surface area contributed by atoms with Crippen LogP contribution in [0.25, 0.3) is 30.4 Å². The molecule has 0 unspecified atom stereocenters. The van der Waals surface area contributed by atoms with Crippen LogP contribution in [0.1, 0.15) is 119 Å². The summed E-state index contributed by atoms with van der Waals surface area (Å²) in [5.74, 6) is 1.70. The van der Waals surface area contributed by atoms with Gasteiger partial charge in [-0.25, -0.2) is 0 Å². The van der Waals surface area contributed by atoms with Crippen LogP contribution in [0.5, 0.6) is 11.5 Å². The number of ether oxygens (including phenoxy) is 2. The van der Waals surface area contributed by atoms with E-state index in [4.69, 9.17) is 9.47 Å². The number of rotatable bonds is 21. The monoisotopic (exact) mass is 564 g/mol. The van der Waals surface area contributed by atoms with Crippen LogP contribution in [0.15, 0.2) is 73.3 Å². The molecule has 0 aliphatic rings. The van der Waals surface area contributed by atoms with Gasteiger partial charge in [0, 0.05) is 11.1 Å². The third-order valence-electron chi connectivity index (χ3n) is 7.54. The van der Waals surface area contributed by atoms with Crippen LogP contribution in [-0.4, -0.2) is 13.2 Å². The zero-order valence-electron chi connectivity index (χ0n) is 26.2. The molecule has 0 saturated heterocycles. The summed E-state index contributed by atoms with van der Waals surface area (Å²) in [6.45, 7) is 9.78. The summed E-state index contributed by atoms with van der Waals surface area (Å²) in [6.07, 6.45) is 25.3. The molecule has 0 fully saturated rings. The van der Waals surface area contributed by atoms with E-state index in [1.54, 1.807) is 0 Å². The molecule has 0 amide bonds. The first kappa shape index (κ1) is 33.0. The van der Waals surface area contributed by atoms with Gasteiger partial charge in [-0.1, -0.05) is 182 Å². The Morgan fingerprint density at radius 1 is 0.476 bits per heavy atom. The van der Waals surface area contributed by atoms with Crippen molar-refractivity contribution in [3.05, 3.63) is 101 Å². The maximum absolute atomic E-state index is 6.58. The van der Waals surface area contributed by atoms with E-state index in [0.29, 0.717) is 13.2 Å². The van der Waals surface area contributed by atoms with E-state index in [1.165, 1.54) is 69.8 Å². The van der Waals surface area contributed by atoms with Gasteiger partial charge < -0.3 is 9.47 Å². The Labute approximate surface area is 256 Å². The lowest BCUT2D eigenvalue weighted by Crippen LogP contribution is -2.05. The fraction of sp³-hybridized carbons (Fsp3) is 0.400. The molecule has 3 rings (SSSR count). The van der Waals surface area contributed by atoms with E-state index in [0.717, 1.165) is 46.6 Å². The van der Waals surface area contributed by atoms with E-state index in [9.17, 15) is 0 Å². The first-order valence-electron chi connectivity index (χ1n) is 16.3. The topological polar surface area (TPSA) is 18.5 Å². The lowest BCUT2D eigenvalue weighted by molar-refractivity contribution is 0.257. The highest BCUT2D eigenvalue weighted by atomic mass is 16.5. The van der Waals surface area contributed by atoms with Gasteiger partial charge in [-0.3, -0.25) is 0 Å². The quantitative estimate of drug-likeness (QED) is 0.0946. The largest absolute Gasteiger partial charge is 0.489 e. The molecule has 0 aliphatic carbocycles. The van der Waals surface area contributed by atoms with Crippen LogP contribution < -0.4 is 9.47 Å². The van der Waals surface area contributed by atoms with Crippen LogP contribution in [0.4, 0.5) is 0 Å². The molecule has 0 saturated carbocycles. The molecule has 0 atom stereocenters. The summed E-state index contributed by atoms with van der Waals surface area (Å²) in [7, 11) is 0. The molecule has 0 bridgehead atoms. The molecule has 42 heavy (non-hydrogen) atoms. The molecule has 0 radical (unpaired) electrons. The van der Waals surface area contributed by atoms with Crippen molar-refractivity contribution in [3.8, 4) is 11.5 Å². The molecule has 3 aromatic rings. The van der Waals surface area contributed by atoms with Crippen LogP contribution in [0.2, 0.25) is 0 Å². The number of benzene rings is 3. The van der Waals surface area contributed by atoms with Crippen LogP contribution in [-0.2, 0) is 0 Å². The average Bonchev–Trinajstić information content (AvgIpc) is 3.03. The standard InChI is InChI=1S/C40H52O2/c1-4-7-9-11-13-18-32-41-39-37(28-26-35-20-16-15-17-21-35)30-31-38(29-27-36-24-22-34(6-3)23-25-36)40(39)42-33-19-14-12-10-8-5-2/h6,15-17,20-31H,3-5,7-14,18-19,32-33H2,1-2H3. The highest BCUT2D eigenvalue weighted by molar-refractivity contribution is 5.80. The zero-order valence-corrected chi connectivity index (χ0v) is 26.2. The van der Waals surface area contributed by atoms with Gasteiger partial charge in [-0.2, -0.15) is 0 Å². The van der Waals surface area contributed by atoms with Crippen LogP contribution in [0.3, 0.4) is 0 Å². The molecule has 2 nitrogen and oxygen atoms in total. The second-order valence-electron chi connectivity index (χ2n) is 11.1. The Morgan fingerprint density at radius 3 is 1.38 bits per heavy atom. The lowest BCUT2D eigenvalue weighted by Gasteiger charge is -2.18. The molecule has 0 heterocycles. The fourth-order valence-corrected chi connectivity index (χ4v) is 4.95. The second kappa shape index (κ2) is 20.4. The molecular formula is C40H52O2. The Bertz CT molecular complexity index is 1200. The smallest absolute Gasteiger partial charge is 0.168 e. The van der Waals surface area contributed by atoms with Crippen molar-refractivity contribution in [1.29, 1.82) is 0 Å². The fourth-order valence-electron chi connectivity index (χ4n) is 4.95. The zero-order chi connectivity index (χ0) is 29.7. The van der Waals surface area contributed by atoms with Gasteiger partial charge in [0.15, 0.2) is 11.5 Å². The molecule has 0 N–H and O–H groups in total. The lowest BCUT2D eigenvalue weighted by atomic mass is 10.0. The molecule has 0 aliphatic heterocycles. The first-order valence-corrected chi connectivity index (χ1v) is 16.3. The number of hydrogen-bond acceptors (Lipinski definition) is 2. The van der Waals surface area contributed by atoms with E-state index >= 15 is 0 Å². The summed E-state index contributed by atoms with van der Waals surface area (Å²) in [6, 6.07) is 23.2. The summed E-state index contributed by atoms with van der Waals surface area (Å²) in [5.41, 5.74) is 5.53. The van der Waals surface area contributed by atoms with Gasteiger partial charge in [0.25, 0.3) is 0 Å². The normalized spacial score (nSPS) is 11.4. The molecule has 224 valence electrons. The predicted octanol–water partition coefficient (Wildman–Crippen LogP) is 12.1. The molecule has 2 heteroatoms. The third-order valence-corrected chi connectivity index (χ3v) is 7.54. The molecule has 0 spiro atoms. The first-order chi connectivity index (χ1) is 20.7. The summed E-state index contributed by atoms with van der Waals surface area (Å²) in [4.78, 5) is 0. The Kier molecular flexibility index (Phi) is 16.0. The molecule has 3 aromatic carbocycles. The van der Waals surface area contributed by atoms with Gasteiger partial charge in [-0.15, -0.1) is 0 Å². The van der Waals surface area contributed by atoms with Gasteiger partial charge in [-0.05, 0) is 29.5 Å². The summed E-state index contributed by atoms with van der Waals surface area (Å²) < 4.78 is 13.2. The minimum atomic E-state index is 0.695. The molecule has 0 aromatic heterocycles. The second-order valence-corrected chi connectivity index (χ2v) is 11.1. The average molecular weight is 565 g/mol. The van der Waals surface area contributed by atoms with Crippen molar-refractivity contribution < 1.29 is 9.47 Å². The van der Waals surface area contributed by atoms with Crippen molar-refractivity contribution in [2.75, 3.05) is 13.2 Å². The van der Waals surface area contributed by atoms with Gasteiger partial charge in [0.2, 0.25) is 0 Å². The van der Waals surface area contributed by atoms with E-state index in [2.05, 4.69) is 105 Å². The minimum Gasteiger partial charge on any atom is -0.489 e. The van der Waals surface area contributed by atoms with Crippen molar-refractivity contribution in [2.45, 2.75) is 90.9 Å². The SMILES string of the molecule is C=Cc1ccc(C=Cc2ccc(C=Cc3ccccc3)c(OCCCCCCCC)c2OCCCCCCCC)cc1. The van der Waals surface area contributed by atoms with Crippen LogP contribution in [0, 0.1) is 0 Å². The maximum Gasteiger partial charge on any atom is 0.168 e. The van der Waals surface area contributed by atoms with E-state index < -0.39 is 0 Å². The third kappa shape index (κ3) is 12.1. The van der Waals surface area contributed by atoms with Crippen molar-refractivity contribution in [2.24, 2.45) is 0 Å². The Morgan fingerprint density at radius 2 is 0.905 bits per heavy atom. The van der Waals surface area contributed by atoms with Gasteiger partial charge in [0.05, 0.1) is 13.2 Å². The van der Waals surface area contributed by atoms with Crippen molar-refractivity contribution in [1.82, 2.24) is 0 Å². The summed E-state index contributed by atoms with van der Waals surface area (Å²) in [5, 5.41) is 0. The maximum atomic E-state index is 6.58. The Balaban J connectivity index is 1.86. The highest BCUT2D eigenvalue weighted by Crippen LogP contribution is 2.38. The number of hydrogen-bond donors (Lipinski definition) is 0. The predicted molar refractivity (Wildman–Crippen MR) is 185 cm³/mol. The molecular weight excluding hydrogens is 512 g/mol. The van der Waals surface area contributed by atoms with E-state index in [1.807, 2.05) is 12.1 Å². The van der Waals surface area contributed by atoms with E-state index in [-0.39, 0.29) is 0 Å². The highest BCUT2D eigenvalue weighted by Gasteiger charge is 2.15. The Hall–Kier alpha value is -3.52. The van der Waals surface area contributed by atoms with Crippen molar-refractivity contribution in [3.63, 3.8) is 0 Å². The van der Waals surface area contributed by atoms with Crippen LogP contribution >= 0.6 is 0 Å². The van der Waals surface area contributed by atoms with Crippen molar-refractivity contribution >= 4 is 30.4 Å². The minimum absolute atomic E-state index is 0.695. The van der Waals surface area contributed by atoms with Gasteiger partial charge in [0.1, 0.15) is 0 Å². The summed E-state index contributed by atoms with van der Waals surface area (Å²) >= 11 is 0. The number of unbranched alkanes of at least 4 members (excludes halogenated alkanes) is 10.